The molecule has 1 atom stereocenters. The number of hydrogen-bond donors (Lipinski definition) is 1. The second-order valence-electron chi connectivity index (χ2n) is 4.30. The Hall–Kier alpha value is -1.52. The second kappa shape index (κ2) is 5.23. The first-order valence-electron chi connectivity index (χ1n) is 5.55. The molecule has 0 aliphatic carbocycles. The third kappa shape index (κ3) is 2.91. The standard InChI is InChI=1S/C14H11ClF3N/c1-7-2-11(12(15)6-13(7)18)14(19)8-3-9(16)5-10(17)4-8/h2-6,14H,19H2,1H3. The molecular formula is C14H11ClF3N. The van der Waals surface area contributed by atoms with Crippen molar-refractivity contribution in [2.75, 3.05) is 0 Å². The van der Waals surface area contributed by atoms with Gasteiger partial charge in [-0.1, -0.05) is 11.6 Å². The van der Waals surface area contributed by atoms with E-state index in [9.17, 15) is 13.2 Å². The second-order valence-corrected chi connectivity index (χ2v) is 4.71. The van der Waals surface area contributed by atoms with E-state index in [2.05, 4.69) is 0 Å². The number of benzene rings is 2. The van der Waals surface area contributed by atoms with E-state index in [0.717, 1.165) is 24.3 Å². The molecule has 0 radical (unpaired) electrons. The highest BCUT2D eigenvalue weighted by Gasteiger charge is 2.16. The third-order valence-electron chi connectivity index (χ3n) is 2.86. The summed E-state index contributed by atoms with van der Waals surface area (Å²) in [6, 6.07) is 4.81. The normalized spacial score (nSPS) is 12.5. The number of aryl methyl sites for hydroxylation is 1. The summed E-state index contributed by atoms with van der Waals surface area (Å²) >= 11 is 5.92. The summed E-state index contributed by atoms with van der Waals surface area (Å²) in [7, 11) is 0. The van der Waals surface area contributed by atoms with Crippen LogP contribution in [0.1, 0.15) is 22.7 Å². The van der Waals surface area contributed by atoms with E-state index in [4.69, 9.17) is 17.3 Å². The number of hydrogen-bond acceptors (Lipinski definition) is 1. The lowest BCUT2D eigenvalue weighted by atomic mass is 9.97. The Morgan fingerprint density at radius 1 is 1.00 bits per heavy atom. The molecule has 0 amide bonds. The van der Waals surface area contributed by atoms with Crippen LogP contribution in [0.25, 0.3) is 0 Å². The number of rotatable bonds is 2. The summed E-state index contributed by atoms with van der Waals surface area (Å²) in [5, 5.41) is 0.125. The SMILES string of the molecule is Cc1cc(C(N)c2cc(F)cc(F)c2)c(Cl)cc1F. The van der Waals surface area contributed by atoms with Gasteiger partial charge >= 0.3 is 0 Å². The first kappa shape index (κ1) is 13.9. The van der Waals surface area contributed by atoms with E-state index in [0.29, 0.717) is 11.1 Å². The van der Waals surface area contributed by atoms with Crippen LogP contribution in [0.5, 0.6) is 0 Å². The largest absolute Gasteiger partial charge is 0.320 e. The van der Waals surface area contributed by atoms with Crippen molar-refractivity contribution in [3.8, 4) is 0 Å². The molecular weight excluding hydrogens is 275 g/mol. The molecule has 100 valence electrons. The Morgan fingerprint density at radius 3 is 2.16 bits per heavy atom. The van der Waals surface area contributed by atoms with Crippen LogP contribution in [0.15, 0.2) is 30.3 Å². The monoisotopic (exact) mass is 285 g/mol. The molecule has 5 heteroatoms. The van der Waals surface area contributed by atoms with Gasteiger partial charge in [0, 0.05) is 11.1 Å². The Morgan fingerprint density at radius 2 is 1.58 bits per heavy atom. The van der Waals surface area contributed by atoms with Gasteiger partial charge in [0.2, 0.25) is 0 Å². The van der Waals surface area contributed by atoms with Crippen molar-refractivity contribution in [2.24, 2.45) is 5.73 Å². The van der Waals surface area contributed by atoms with Crippen molar-refractivity contribution in [3.63, 3.8) is 0 Å². The van der Waals surface area contributed by atoms with E-state index in [1.54, 1.807) is 6.92 Å². The maximum absolute atomic E-state index is 13.3. The summed E-state index contributed by atoms with van der Waals surface area (Å²) in [4.78, 5) is 0. The minimum Gasteiger partial charge on any atom is -0.320 e. The minimum absolute atomic E-state index is 0.125. The van der Waals surface area contributed by atoms with Crippen LogP contribution in [0.4, 0.5) is 13.2 Å². The Balaban J connectivity index is 2.49. The van der Waals surface area contributed by atoms with E-state index >= 15 is 0 Å². The van der Waals surface area contributed by atoms with Gasteiger partial charge in [0.05, 0.1) is 6.04 Å². The van der Waals surface area contributed by atoms with Gasteiger partial charge in [-0.2, -0.15) is 0 Å². The fraction of sp³-hybridized carbons (Fsp3) is 0.143. The van der Waals surface area contributed by atoms with E-state index in [-0.39, 0.29) is 10.6 Å². The summed E-state index contributed by atoms with van der Waals surface area (Å²) in [6.45, 7) is 1.56. The Kier molecular flexibility index (Phi) is 3.83. The Labute approximate surface area is 113 Å². The van der Waals surface area contributed by atoms with Crippen LogP contribution >= 0.6 is 11.6 Å². The predicted octanol–water partition coefficient (Wildman–Crippen LogP) is 4.11. The summed E-state index contributed by atoms with van der Waals surface area (Å²) in [5.74, 6) is -1.90. The fourth-order valence-electron chi connectivity index (χ4n) is 1.85. The smallest absolute Gasteiger partial charge is 0.127 e. The molecule has 2 aromatic carbocycles. The molecule has 0 aromatic heterocycles. The van der Waals surface area contributed by atoms with Gasteiger partial charge in [-0.3, -0.25) is 0 Å². The van der Waals surface area contributed by atoms with Crippen molar-refractivity contribution >= 4 is 11.6 Å². The van der Waals surface area contributed by atoms with E-state index < -0.39 is 23.5 Å². The van der Waals surface area contributed by atoms with Gasteiger partial charge in [-0.15, -0.1) is 0 Å². The molecule has 0 heterocycles. The molecule has 2 rings (SSSR count). The first-order valence-corrected chi connectivity index (χ1v) is 5.93. The predicted molar refractivity (Wildman–Crippen MR) is 68.5 cm³/mol. The highest BCUT2D eigenvalue weighted by atomic mass is 35.5. The number of nitrogens with two attached hydrogens (primary N) is 1. The van der Waals surface area contributed by atoms with Crippen LogP contribution in [-0.2, 0) is 0 Å². The van der Waals surface area contributed by atoms with Crippen molar-refractivity contribution < 1.29 is 13.2 Å². The molecule has 2 aromatic rings. The van der Waals surface area contributed by atoms with E-state index in [1.807, 2.05) is 0 Å². The zero-order valence-electron chi connectivity index (χ0n) is 10.1. The third-order valence-corrected chi connectivity index (χ3v) is 3.18. The van der Waals surface area contributed by atoms with Gasteiger partial charge in [-0.25, -0.2) is 13.2 Å². The summed E-state index contributed by atoms with van der Waals surface area (Å²) in [5.41, 5.74) is 6.96. The Bertz CT molecular complexity index is 608. The van der Waals surface area contributed by atoms with Crippen LogP contribution in [0.2, 0.25) is 5.02 Å². The van der Waals surface area contributed by atoms with Crippen molar-refractivity contribution in [3.05, 3.63) is 69.5 Å². The van der Waals surface area contributed by atoms with Gasteiger partial charge in [-0.05, 0) is 47.9 Å². The average Bonchev–Trinajstić information content (AvgIpc) is 2.31. The maximum Gasteiger partial charge on any atom is 0.127 e. The molecule has 19 heavy (non-hydrogen) atoms. The zero-order chi connectivity index (χ0) is 14.2. The van der Waals surface area contributed by atoms with Crippen LogP contribution in [0.3, 0.4) is 0 Å². The van der Waals surface area contributed by atoms with Crippen molar-refractivity contribution in [1.82, 2.24) is 0 Å². The molecule has 1 unspecified atom stereocenters. The quantitative estimate of drug-likeness (QED) is 0.883. The van der Waals surface area contributed by atoms with Crippen LogP contribution in [-0.4, -0.2) is 0 Å². The molecule has 0 spiro atoms. The van der Waals surface area contributed by atoms with Gasteiger partial charge in [0.1, 0.15) is 17.5 Å². The molecule has 0 bridgehead atoms. The minimum atomic E-state index is -0.822. The van der Waals surface area contributed by atoms with Crippen LogP contribution in [0, 0.1) is 24.4 Å². The highest BCUT2D eigenvalue weighted by Crippen LogP contribution is 2.29. The molecule has 2 N–H and O–H groups in total. The first-order chi connectivity index (χ1) is 8.88. The lowest BCUT2D eigenvalue weighted by molar-refractivity contribution is 0.577. The fourth-order valence-corrected chi connectivity index (χ4v) is 2.12. The molecule has 0 fully saturated rings. The van der Waals surface area contributed by atoms with Gasteiger partial charge in [0.15, 0.2) is 0 Å². The zero-order valence-corrected chi connectivity index (χ0v) is 10.8. The summed E-state index contributed by atoms with van der Waals surface area (Å²) in [6.07, 6.45) is 0. The average molecular weight is 286 g/mol. The van der Waals surface area contributed by atoms with Gasteiger partial charge in [0.25, 0.3) is 0 Å². The van der Waals surface area contributed by atoms with Gasteiger partial charge < -0.3 is 5.73 Å². The molecule has 0 aliphatic heterocycles. The molecule has 0 saturated carbocycles. The lowest BCUT2D eigenvalue weighted by Gasteiger charge is -2.15. The highest BCUT2D eigenvalue weighted by molar-refractivity contribution is 6.31. The van der Waals surface area contributed by atoms with Crippen LogP contribution < -0.4 is 5.73 Å². The molecule has 0 saturated heterocycles. The van der Waals surface area contributed by atoms with E-state index in [1.165, 1.54) is 6.07 Å². The van der Waals surface area contributed by atoms with Crippen molar-refractivity contribution in [2.45, 2.75) is 13.0 Å². The molecule has 0 aliphatic rings. The number of halogens is 4. The van der Waals surface area contributed by atoms with Crippen molar-refractivity contribution in [1.29, 1.82) is 0 Å². The molecule has 1 nitrogen and oxygen atoms in total. The maximum atomic E-state index is 13.3. The lowest BCUT2D eigenvalue weighted by Crippen LogP contribution is -2.13. The topological polar surface area (TPSA) is 26.0 Å². The summed E-state index contributed by atoms with van der Waals surface area (Å²) < 4.78 is 39.6.